The summed E-state index contributed by atoms with van der Waals surface area (Å²) < 4.78 is 14.9. The van der Waals surface area contributed by atoms with Gasteiger partial charge < -0.3 is 5.32 Å². The first-order chi connectivity index (χ1) is 8.99. The summed E-state index contributed by atoms with van der Waals surface area (Å²) in [5.41, 5.74) is 0.900. The van der Waals surface area contributed by atoms with Crippen LogP contribution in [-0.4, -0.2) is 10.9 Å². The van der Waals surface area contributed by atoms with Crippen LogP contribution in [0.2, 0.25) is 0 Å². The quantitative estimate of drug-likeness (QED) is 0.834. The van der Waals surface area contributed by atoms with E-state index in [9.17, 15) is 9.18 Å². The number of anilines is 1. The highest BCUT2D eigenvalue weighted by Crippen LogP contribution is 2.21. The van der Waals surface area contributed by atoms with Gasteiger partial charge in [-0.1, -0.05) is 6.07 Å². The number of nitrogens with zero attached hydrogens (tertiary/aromatic N) is 1. The van der Waals surface area contributed by atoms with Gasteiger partial charge in [-0.3, -0.25) is 4.79 Å². The van der Waals surface area contributed by atoms with Crippen molar-refractivity contribution in [1.82, 2.24) is 4.98 Å². The fourth-order valence-electron chi connectivity index (χ4n) is 1.47. The molecule has 1 amide bonds. The van der Waals surface area contributed by atoms with Gasteiger partial charge >= 0.3 is 0 Å². The van der Waals surface area contributed by atoms with E-state index in [2.05, 4.69) is 42.2 Å². The molecule has 0 unspecified atom stereocenters. The largest absolute Gasteiger partial charge is 0.306 e. The molecule has 19 heavy (non-hydrogen) atoms. The van der Waals surface area contributed by atoms with Crippen molar-refractivity contribution in [3.63, 3.8) is 0 Å². The van der Waals surface area contributed by atoms with Crippen LogP contribution >= 0.6 is 31.9 Å². The van der Waals surface area contributed by atoms with Gasteiger partial charge in [-0.2, -0.15) is 0 Å². The summed E-state index contributed by atoms with van der Waals surface area (Å²) in [5, 5.41) is 2.56. The molecule has 1 aromatic carbocycles. The van der Waals surface area contributed by atoms with Crippen LogP contribution in [0, 0.1) is 12.7 Å². The lowest BCUT2D eigenvalue weighted by Gasteiger charge is -2.07. The van der Waals surface area contributed by atoms with E-state index in [0.29, 0.717) is 5.82 Å². The normalized spacial score (nSPS) is 10.3. The summed E-state index contributed by atoms with van der Waals surface area (Å²) in [6, 6.07) is 6.26. The van der Waals surface area contributed by atoms with Crippen molar-refractivity contribution in [3.05, 3.63) is 56.4 Å². The molecule has 2 aromatic rings. The molecular formula is C13H9Br2FN2O. The number of benzene rings is 1. The maximum absolute atomic E-state index is 13.8. The number of halogens is 3. The van der Waals surface area contributed by atoms with E-state index in [0.717, 1.165) is 10.0 Å². The van der Waals surface area contributed by atoms with Crippen LogP contribution in [-0.2, 0) is 0 Å². The molecule has 98 valence electrons. The Balaban J connectivity index is 2.26. The first-order valence-electron chi connectivity index (χ1n) is 5.36. The van der Waals surface area contributed by atoms with Crippen LogP contribution in [0.15, 0.2) is 39.4 Å². The number of pyridine rings is 1. The Morgan fingerprint density at radius 2 is 2.05 bits per heavy atom. The number of aromatic nitrogens is 1. The third kappa shape index (κ3) is 3.19. The predicted molar refractivity (Wildman–Crippen MR) is 78.7 cm³/mol. The van der Waals surface area contributed by atoms with Gasteiger partial charge in [0.05, 0.1) is 10.0 Å². The van der Waals surface area contributed by atoms with Gasteiger partial charge in [0.2, 0.25) is 0 Å². The molecule has 1 aromatic heterocycles. The zero-order valence-corrected chi connectivity index (χ0v) is 13.0. The van der Waals surface area contributed by atoms with E-state index < -0.39 is 11.7 Å². The van der Waals surface area contributed by atoms with Gasteiger partial charge in [-0.05, 0) is 62.5 Å². The molecule has 0 aliphatic carbocycles. The number of hydrogen-bond acceptors (Lipinski definition) is 2. The predicted octanol–water partition coefficient (Wildman–Crippen LogP) is 4.31. The smallest absolute Gasteiger partial charge is 0.259 e. The van der Waals surface area contributed by atoms with E-state index >= 15 is 0 Å². The van der Waals surface area contributed by atoms with Crippen LogP contribution in [0.25, 0.3) is 0 Å². The van der Waals surface area contributed by atoms with E-state index in [4.69, 9.17) is 0 Å². The Labute approximate surface area is 126 Å². The summed E-state index contributed by atoms with van der Waals surface area (Å²) in [6.07, 6.45) is 1.59. The minimum atomic E-state index is -0.589. The van der Waals surface area contributed by atoms with Crippen LogP contribution < -0.4 is 5.32 Å². The topological polar surface area (TPSA) is 42.0 Å². The number of carbonyl (C=O) groups excluding carboxylic acids is 1. The molecule has 0 radical (unpaired) electrons. The molecule has 0 atom stereocenters. The van der Waals surface area contributed by atoms with Crippen LogP contribution in [0.3, 0.4) is 0 Å². The number of aryl methyl sites for hydroxylation is 1. The molecule has 0 aliphatic rings. The minimum absolute atomic E-state index is 0.0308. The van der Waals surface area contributed by atoms with E-state index in [1.54, 1.807) is 18.3 Å². The summed E-state index contributed by atoms with van der Waals surface area (Å²) in [4.78, 5) is 16.0. The Bertz CT molecular complexity index is 647. The van der Waals surface area contributed by atoms with Crippen molar-refractivity contribution in [3.8, 4) is 0 Å². The fourth-order valence-corrected chi connectivity index (χ4v) is 2.05. The lowest BCUT2D eigenvalue weighted by atomic mass is 10.2. The second kappa shape index (κ2) is 5.79. The van der Waals surface area contributed by atoms with Gasteiger partial charge in [0.25, 0.3) is 5.91 Å². The maximum atomic E-state index is 13.8. The standard InChI is InChI=1S/C13H9Br2FN2O/c1-7-5-11(17-6-10(7)15)18-13(19)8-3-2-4-9(14)12(8)16/h2-6H,1H3,(H,17,18,19). The Kier molecular flexibility index (Phi) is 4.31. The summed E-state index contributed by atoms with van der Waals surface area (Å²) >= 11 is 6.36. The highest BCUT2D eigenvalue weighted by molar-refractivity contribution is 9.10. The number of rotatable bonds is 2. The Morgan fingerprint density at radius 3 is 2.74 bits per heavy atom. The molecule has 6 heteroatoms. The van der Waals surface area contributed by atoms with Crippen LogP contribution in [0.4, 0.5) is 10.2 Å². The molecule has 0 spiro atoms. The summed E-state index contributed by atoms with van der Waals surface area (Å²) in [5.74, 6) is -0.744. The zero-order chi connectivity index (χ0) is 14.0. The Morgan fingerprint density at radius 1 is 1.32 bits per heavy atom. The number of amides is 1. The van der Waals surface area contributed by atoms with Crippen molar-refractivity contribution in [2.45, 2.75) is 6.92 Å². The van der Waals surface area contributed by atoms with Gasteiger partial charge in [-0.15, -0.1) is 0 Å². The highest BCUT2D eigenvalue weighted by Gasteiger charge is 2.14. The molecule has 1 N–H and O–H groups in total. The summed E-state index contributed by atoms with van der Waals surface area (Å²) in [7, 11) is 0. The molecule has 0 bridgehead atoms. The van der Waals surface area contributed by atoms with Crippen LogP contribution in [0.5, 0.6) is 0 Å². The van der Waals surface area contributed by atoms with Crippen LogP contribution in [0.1, 0.15) is 15.9 Å². The first kappa shape index (κ1) is 14.1. The lowest BCUT2D eigenvalue weighted by molar-refractivity contribution is 0.102. The second-order valence-electron chi connectivity index (χ2n) is 3.87. The van der Waals surface area contributed by atoms with Gasteiger partial charge in [0.1, 0.15) is 11.6 Å². The van der Waals surface area contributed by atoms with E-state index in [-0.39, 0.29) is 10.0 Å². The summed E-state index contributed by atoms with van der Waals surface area (Å²) in [6.45, 7) is 1.88. The fraction of sp³-hybridized carbons (Fsp3) is 0.0769. The molecule has 1 heterocycles. The maximum Gasteiger partial charge on any atom is 0.259 e. The molecular weight excluding hydrogens is 379 g/mol. The molecule has 0 fully saturated rings. The van der Waals surface area contributed by atoms with Crippen molar-refractivity contribution in [1.29, 1.82) is 0 Å². The second-order valence-corrected chi connectivity index (χ2v) is 5.58. The average molecular weight is 388 g/mol. The SMILES string of the molecule is Cc1cc(NC(=O)c2cccc(Br)c2F)ncc1Br. The van der Waals surface area contributed by atoms with Crippen molar-refractivity contribution < 1.29 is 9.18 Å². The first-order valence-corrected chi connectivity index (χ1v) is 6.95. The van der Waals surface area contributed by atoms with Gasteiger partial charge in [0.15, 0.2) is 0 Å². The van der Waals surface area contributed by atoms with Gasteiger partial charge in [-0.25, -0.2) is 9.37 Å². The van der Waals surface area contributed by atoms with Gasteiger partial charge in [0, 0.05) is 10.7 Å². The minimum Gasteiger partial charge on any atom is -0.306 e. The Hall–Kier alpha value is -1.27. The molecule has 0 saturated heterocycles. The van der Waals surface area contributed by atoms with Crippen molar-refractivity contribution >= 4 is 43.6 Å². The van der Waals surface area contributed by atoms with Crippen molar-refractivity contribution in [2.75, 3.05) is 5.32 Å². The average Bonchev–Trinajstić information content (AvgIpc) is 2.37. The van der Waals surface area contributed by atoms with E-state index in [1.807, 2.05) is 6.92 Å². The number of nitrogens with one attached hydrogen (secondary N) is 1. The highest BCUT2D eigenvalue weighted by atomic mass is 79.9. The monoisotopic (exact) mass is 386 g/mol. The third-order valence-electron chi connectivity index (χ3n) is 2.48. The number of carbonyl (C=O) groups is 1. The zero-order valence-electron chi connectivity index (χ0n) is 9.88. The lowest BCUT2D eigenvalue weighted by Crippen LogP contribution is -2.15. The number of hydrogen-bond donors (Lipinski definition) is 1. The molecule has 0 saturated carbocycles. The molecule has 3 nitrogen and oxygen atoms in total. The molecule has 0 aliphatic heterocycles. The van der Waals surface area contributed by atoms with E-state index in [1.165, 1.54) is 12.1 Å². The third-order valence-corrected chi connectivity index (χ3v) is 3.93. The molecule has 2 rings (SSSR count). The van der Waals surface area contributed by atoms with Crippen molar-refractivity contribution in [2.24, 2.45) is 0 Å².